The number of nitrogens with one attached hydrogen (secondary N) is 2. The summed E-state index contributed by atoms with van der Waals surface area (Å²) < 4.78 is 10.9. The number of hydrogen-bond acceptors (Lipinski definition) is 6. The summed E-state index contributed by atoms with van der Waals surface area (Å²) in [7, 11) is 0. The number of aliphatic imine (C=N–C) groups is 1. The molecule has 0 aromatic carbocycles. The molecule has 2 aliphatic heterocycles. The highest BCUT2D eigenvalue weighted by atomic mass is 127. The minimum atomic E-state index is 0. The van der Waals surface area contributed by atoms with Gasteiger partial charge in [-0.3, -0.25) is 9.89 Å². The minimum absolute atomic E-state index is 0. The molecule has 4 rings (SSSR count). The number of aromatic nitrogens is 1. The van der Waals surface area contributed by atoms with Crippen molar-refractivity contribution in [1.82, 2.24) is 20.5 Å². The average molecular weight is 554 g/mol. The highest BCUT2D eigenvalue weighted by Gasteiger charge is 2.24. The molecule has 32 heavy (non-hydrogen) atoms. The van der Waals surface area contributed by atoms with Gasteiger partial charge in [-0.1, -0.05) is 6.07 Å². The quantitative estimate of drug-likeness (QED) is 0.213. The van der Waals surface area contributed by atoms with Crippen LogP contribution in [0.1, 0.15) is 18.6 Å². The summed E-state index contributed by atoms with van der Waals surface area (Å²) in [6.45, 7) is 8.36. The van der Waals surface area contributed by atoms with Gasteiger partial charge in [0.15, 0.2) is 5.96 Å². The fourth-order valence-corrected chi connectivity index (χ4v) is 4.04. The molecule has 176 valence electrons. The number of halogens is 1. The molecule has 0 aliphatic carbocycles. The van der Waals surface area contributed by atoms with Crippen LogP contribution in [-0.4, -0.2) is 80.9 Å². The van der Waals surface area contributed by atoms with Crippen LogP contribution < -0.4 is 15.5 Å². The largest absolute Gasteiger partial charge is 0.469 e. The summed E-state index contributed by atoms with van der Waals surface area (Å²) in [6, 6.07) is 10.4. The summed E-state index contributed by atoms with van der Waals surface area (Å²) in [5, 5.41) is 7.13. The van der Waals surface area contributed by atoms with E-state index in [-0.39, 0.29) is 24.0 Å². The van der Waals surface area contributed by atoms with Crippen LogP contribution >= 0.6 is 24.0 Å². The molecule has 2 aromatic rings. The number of morpholine rings is 1. The summed E-state index contributed by atoms with van der Waals surface area (Å²) in [5.41, 5.74) is 0. The van der Waals surface area contributed by atoms with Crippen molar-refractivity contribution in [2.24, 2.45) is 4.99 Å². The van der Waals surface area contributed by atoms with Crippen LogP contribution in [0.4, 0.5) is 5.82 Å². The molecule has 1 atom stereocenters. The molecular weight excluding hydrogens is 519 g/mol. The summed E-state index contributed by atoms with van der Waals surface area (Å²) in [4.78, 5) is 14.1. The second-order valence-corrected chi connectivity index (χ2v) is 8.06. The molecule has 0 bridgehead atoms. The van der Waals surface area contributed by atoms with Crippen LogP contribution in [0.25, 0.3) is 0 Å². The van der Waals surface area contributed by atoms with E-state index in [2.05, 4.69) is 31.5 Å². The van der Waals surface area contributed by atoms with E-state index in [1.165, 1.54) is 0 Å². The smallest absolute Gasteiger partial charge is 0.191 e. The van der Waals surface area contributed by atoms with E-state index >= 15 is 0 Å². The molecule has 2 fully saturated rings. The highest BCUT2D eigenvalue weighted by molar-refractivity contribution is 14.0. The Balaban J connectivity index is 0.00000289. The fraction of sp³-hybridized carbons (Fsp3) is 0.565. The van der Waals surface area contributed by atoms with Crippen LogP contribution in [0.15, 0.2) is 52.2 Å². The molecule has 8 nitrogen and oxygen atoms in total. The Bertz CT molecular complexity index is 783. The van der Waals surface area contributed by atoms with E-state index in [1.54, 1.807) is 6.26 Å². The molecule has 4 heterocycles. The molecule has 2 aromatic heterocycles. The van der Waals surface area contributed by atoms with Crippen molar-refractivity contribution in [2.45, 2.75) is 25.3 Å². The Kier molecular flexibility index (Phi) is 10.6. The third-order valence-corrected chi connectivity index (χ3v) is 5.75. The second-order valence-electron chi connectivity index (χ2n) is 8.06. The average Bonchev–Trinajstić information content (AvgIpc) is 3.50. The molecule has 2 aliphatic rings. The lowest BCUT2D eigenvalue weighted by molar-refractivity contribution is 0.0377. The second kappa shape index (κ2) is 13.6. The molecule has 0 radical (unpaired) electrons. The van der Waals surface area contributed by atoms with Crippen molar-refractivity contribution in [3.8, 4) is 0 Å². The third kappa shape index (κ3) is 7.93. The van der Waals surface area contributed by atoms with Crippen LogP contribution in [0.3, 0.4) is 0 Å². The van der Waals surface area contributed by atoms with E-state index in [0.29, 0.717) is 6.04 Å². The van der Waals surface area contributed by atoms with Gasteiger partial charge < -0.3 is 24.7 Å². The zero-order chi connectivity index (χ0) is 21.1. The normalized spacial score (nSPS) is 19.6. The van der Waals surface area contributed by atoms with Crippen LogP contribution in [0.2, 0.25) is 0 Å². The number of furan rings is 1. The molecule has 9 heteroatoms. The third-order valence-electron chi connectivity index (χ3n) is 5.75. The molecular formula is C23H35IN6O2. The predicted octanol–water partition coefficient (Wildman–Crippen LogP) is 2.37. The lowest BCUT2D eigenvalue weighted by Crippen LogP contribution is -2.45. The fourth-order valence-electron chi connectivity index (χ4n) is 4.04. The highest BCUT2D eigenvalue weighted by Crippen LogP contribution is 2.17. The monoisotopic (exact) mass is 554 g/mol. The van der Waals surface area contributed by atoms with Crippen LogP contribution in [0.5, 0.6) is 0 Å². The number of pyridine rings is 1. The van der Waals surface area contributed by atoms with Gasteiger partial charge in [-0.25, -0.2) is 4.98 Å². The van der Waals surface area contributed by atoms with Crippen molar-refractivity contribution < 1.29 is 9.15 Å². The van der Waals surface area contributed by atoms with Crippen molar-refractivity contribution in [3.05, 3.63) is 48.6 Å². The first-order valence-electron chi connectivity index (χ1n) is 11.4. The summed E-state index contributed by atoms with van der Waals surface area (Å²) in [5.74, 6) is 2.92. The Hall–Kier alpha value is -1.85. The number of guanidine groups is 1. The Morgan fingerprint density at radius 1 is 1.16 bits per heavy atom. The number of hydrogen-bond donors (Lipinski definition) is 2. The van der Waals surface area contributed by atoms with Crippen molar-refractivity contribution >= 4 is 35.8 Å². The Labute approximate surface area is 207 Å². The molecule has 0 spiro atoms. The van der Waals surface area contributed by atoms with Gasteiger partial charge in [0.2, 0.25) is 0 Å². The molecule has 2 saturated heterocycles. The van der Waals surface area contributed by atoms with Gasteiger partial charge in [0.05, 0.1) is 19.5 Å². The topological polar surface area (TPSA) is 78.2 Å². The SMILES string of the molecule is I.c1ccc(N2CCC(NC(=NCCCN3CCOCC3)NCCc3ccco3)C2)nc1. The van der Waals surface area contributed by atoms with Crippen LogP contribution in [-0.2, 0) is 11.2 Å². The van der Waals surface area contributed by atoms with Crippen molar-refractivity contribution in [2.75, 3.05) is 63.9 Å². The first-order valence-corrected chi connectivity index (χ1v) is 11.4. The number of ether oxygens (including phenoxy) is 1. The maximum atomic E-state index is 5.45. The number of rotatable bonds is 9. The molecule has 1 unspecified atom stereocenters. The van der Waals surface area contributed by atoms with E-state index in [1.807, 2.05) is 30.5 Å². The van der Waals surface area contributed by atoms with E-state index in [0.717, 1.165) is 95.8 Å². The number of anilines is 1. The van der Waals surface area contributed by atoms with Gasteiger partial charge in [-0.15, -0.1) is 24.0 Å². The van der Waals surface area contributed by atoms with Crippen LogP contribution in [0, 0.1) is 0 Å². The maximum Gasteiger partial charge on any atom is 0.191 e. The van der Waals surface area contributed by atoms with Gasteiger partial charge in [-0.05, 0) is 37.1 Å². The predicted molar refractivity (Wildman–Crippen MR) is 138 cm³/mol. The summed E-state index contributed by atoms with van der Waals surface area (Å²) in [6.07, 6.45) is 6.54. The van der Waals surface area contributed by atoms with Crippen molar-refractivity contribution in [1.29, 1.82) is 0 Å². The van der Waals surface area contributed by atoms with E-state index in [4.69, 9.17) is 14.1 Å². The molecule has 0 saturated carbocycles. The lowest BCUT2D eigenvalue weighted by atomic mass is 10.2. The first-order chi connectivity index (χ1) is 15.4. The maximum absolute atomic E-state index is 5.45. The first kappa shape index (κ1) is 24.8. The molecule has 2 N–H and O–H groups in total. The summed E-state index contributed by atoms with van der Waals surface area (Å²) >= 11 is 0. The van der Waals surface area contributed by atoms with E-state index in [9.17, 15) is 0 Å². The molecule has 0 amide bonds. The number of nitrogens with zero attached hydrogens (tertiary/aromatic N) is 4. The standard InChI is InChI=1S/C23H34N6O2.HI/c1-2-9-24-22(6-1)29-13-8-20(19-29)27-23(26-11-7-21-5-3-16-31-21)25-10-4-12-28-14-17-30-18-15-28;/h1-3,5-6,9,16,20H,4,7-8,10-15,17-19H2,(H2,25,26,27);1H. The van der Waals surface area contributed by atoms with E-state index < -0.39 is 0 Å². The van der Waals surface area contributed by atoms with Gasteiger partial charge in [-0.2, -0.15) is 0 Å². The van der Waals surface area contributed by atoms with Gasteiger partial charge in [0.1, 0.15) is 11.6 Å². The zero-order valence-electron chi connectivity index (χ0n) is 18.6. The van der Waals surface area contributed by atoms with Crippen molar-refractivity contribution in [3.63, 3.8) is 0 Å². The van der Waals surface area contributed by atoms with Gasteiger partial charge >= 0.3 is 0 Å². The van der Waals surface area contributed by atoms with Gasteiger partial charge in [0, 0.05) is 64.5 Å². The Morgan fingerprint density at radius 3 is 2.84 bits per heavy atom. The zero-order valence-corrected chi connectivity index (χ0v) is 20.9. The Morgan fingerprint density at radius 2 is 2.06 bits per heavy atom. The van der Waals surface area contributed by atoms with Gasteiger partial charge in [0.25, 0.3) is 0 Å². The lowest BCUT2D eigenvalue weighted by Gasteiger charge is -2.26. The minimum Gasteiger partial charge on any atom is -0.469 e.